The molecule has 0 fully saturated rings. The first kappa shape index (κ1) is 15.0. The summed E-state index contributed by atoms with van der Waals surface area (Å²) in [6.07, 6.45) is 0. The number of nitrogens with one attached hydrogen (secondary N) is 1. The maximum atomic E-state index is 12.3. The Morgan fingerprint density at radius 1 is 1.05 bits per heavy atom. The SMILES string of the molecule is Cc1ccc(C)c(NS(=O)(=O)c2ccc([N+](=O)[O-])cc2)c1. The van der Waals surface area contributed by atoms with Crippen molar-refractivity contribution < 1.29 is 13.3 Å². The zero-order chi connectivity index (χ0) is 15.6. The molecule has 0 heterocycles. The number of nitrogens with zero attached hydrogens (tertiary/aromatic N) is 1. The zero-order valence-electron chi connectivity index (χ0n) is 11.5. The molecule has 0 amide bonds. The molecule has 2 rings (SSSR count). The highest BCUT2D eigenvalue weighted by Crippen LogP contribution is 2.22. The van der Waals surface area contributed by atoms with Crippen molar-refractivity contribution >= 4 is 21.4 Å². The van der Waals surface area contributed by atoms with Crippen LogP contribution in [-0.2, 0) is 10.0 Å². The molecule has 0 saturated carbocycles. The first-order valence-corrected chi connectivity index (χ1v) is 7.62. The van der Waals surface area contributed by atoms with Gasteiger partial charge in [-0.15, -0.1) is 0 Å². The molecule has 7 heteroatoms. The van der Waals surface area contributed by atoms with E-state index in [9.17, 15) is 18.5 Å². The van der Waals surface area contributed by atoms with Gasteiger partial charge in [-0.3, -0.25) is 14.8 Å². The van der Waals surface area contributed by atoms with Crippen molar-refractivity contribution in [2.75, 3.05) is 4.72 Å². The second-order valence-corrected chi connectivity index (χ2v) is 6.36. The molecule has 2 aromatic rings. The number of nitro benzene ring substituents is 1. The highest BCUT2D eigenvalue weighted by Gasteiger charge is 2.16. The molecule has 0 bridgehead atoms. The lowest BCUT2D eigenvalue weighted by atomic mass is 10.1. The average Bonchev–Trinajstić information content (AvgIpc) is 2.43. The van der Waals surface area contributed by atoms with Gasteiger partial charge in [0.15, 0.2) is 0 Å². The van der Waals surface area contributed by atoms with Crippen LogP contribution >= 0.6 is 0 Å². The van der Waals surface area contributed by atoms with Gasteiger partial charge in [0.1, 0.15) is 0 Å². The monoisotopic (exact) mass is 306 g/mol. The molecule has 0 aliphatic heterocycles. The lowest BCUT2D eigenvalue weighted by Crippen LogP contribution is -2.13. The molecule has 1 N–H and O–H groups in total. The smallest absolute Gasteiger partial charge is 0.269 e. The Kier molecular flexibility index (Phi) is 3.95. The zero-order valence-corrected chi connectivity index (χ0v) is 12.3. The molecule has 0 aliphatic rings. The second kappa shape index (κ2) is 5.53. The highest BCUT2D eigenvalue weighted by molar-refractivity contribution is 7.92. The quantitative estimate of drug-likeness (QED) is 0.694. The van der Waals surface area contributed by atoms with Crippen molar-refractivity contribution in [3.8, 4) is 0 Å². The molecule has 0 saturated heterocycles. The summed E-state index contributed by atoms with van der Waals surface area (Å²) in [5, 5.41) is 10.6. The Bertz CT molecular complexity index is 783. The predicted octanol–water partition coefficient (Wildman–Crippen LogP) is 3.01. The van der Waals surface area contributed by atoms with E-state index in [4.69, 9.17) is 0 Å². The van der Waals surface area contributed by atoms with Gasteiger partial charge in [-0.05, 0) is 43.2 Å². The molecule has 0 unspecified atom stereocenters. The molecular formula is C14H14N2O4S. The van der Waals surface area contributed by atoms with E-state index < -0.39 is 14.9 Å². The van der Waals surface area contributed by atoms with Crippen LogP contribution in [0.4, 0.5) is 11.4 Å². The third-order valence-corrected chi connectivity index (χ3v) is 4.38. The second-order valence-electron chi connectivity index (χ2n) is 4.67. The molecule has 0 atom stereocenters. The van der Waals surface area contributed by atoms with Gasteiger partial charge in [-0.25, -0.2) is 8.42 Å². The van der Waals surface area contributed by atoms with Crippen LogP contribution < -0.4 is 4.72 Å². The minimum absolute atomic E-state index is 0.0194. The molecular weight excluding hydrogens is 292 g/mol. The Hall–Kier alpha value is -2.41. The van der Waals surface area contributed by atoms with E-state index in [-0.39, 0.29) is 10.6 Å². The van der Waals surface area contributed by atoms with Crippen LogP contribution in [0.25, 0.3) is 0 Å². The number of hydrogen-bond acceptors (Lipinski definition) is 4. The minimum Gasteiger partial charge on any atom is -0.279 e. The first-order valence-electron chi connectivity index (χ1n) is 6.14. The summed E-state index contributed by atoms with van der Waals surface area (Å²) in [7, 11) is -3.77. The fraction of sp³-hybridized carbons (Fsp3) is 0.143. The van der Waals surface area contributed by atoms with Gasteiger partial charge in [-0.1, -0.05) is 12.1 Å². The predicted molar refractivity (Wildman–Crippen MR) is 79.8 cm³/mol. The summed E-state index contributed by atoms with van der Waals surface area (Å²) in [4.78, 5) is 9.98. The van der Waals surface area contributed by atoms with Crippen molar-refractivity contribution in [2.45, 2.75) is 18.7 Å². The van der Waals surface area contributed by atoms with Gasteiger partial charge in [-0.2, -0.15) is 0 Å². The van der Waals surface area contributed by atoms with Gasteiger partial charge in [0.05, 0.1) is 15.5 Å². The van der Waals surface area contributed by atoms with Crippen LogP contribution in [0.5, 0.6) is 0 Å². The van der Waals surface area contributed by atoms with Crippen molar-refractivity contribution in [2.24, 2.45) is 0 Å². The summed E-state index contributed by atoms with van der Waals surface area (Å²) in [5.74, 6) is 0. The third-order valence-electron chi connectivity index (χ3n) is 3.00. The maximum Gasteiger partial charge on any atom is 0.269 e. The third kappa shape index (κ3) is 3.38. The van der Waals surface area contributed by atoms with E-state index in [2.05, 4.69) is 4.72 Å². The number of anilines is 1. The van der Waals surface area contributed by atoms with Crippen LogP contribution in [0, 0.1) is 24.0 Å². The largest absolute Gasteiger partial charge is 0.279 e. The van der Waals surface area contributed by atoms with E-state index in [0.29, 0.717) is 5.69 Å². The molecule has 0 spiro atoms. The number of rotatable bonds is 4. The van der Waals surface area contributed by atoms with Crippen molar-refractivity contribution in [3.63, 3.8) is 0 Å². The van der Waals surface area contributed by atoms with Crippen LogP contribution in [0.3, 0.4) is 0 Å². The Morgan fingerprint density at radius 3 is 2.24 bits per heavy atom. The van der Waals surface area contributed by atoms with Crippen molar-refractivity contribution in [1.82, 2.24) is 0 Å². The van der Waals surface area contributed by atoms with Crippen LogP contribution in [-0.4, -0.2) is 13.3 Å². The van der Waals surface area contributed by atoms with Gasteiger partial charge >= 0.3 is 0 Å². The number of nitro groups is 1. The van der Waals surface area contributed by atoms with E-state index in [1.54, 1.807) is 13.0 Å². The summed E-state index contributed by atoms with van der Waals surface area (Å²) in [5.41, 5.74) is 2.07. The summed E-state index contributed by atoms with van der Waals surface area (Å²) >= 11 is 0. The number of sulfonamides is 1. The van der Waals surface area contributed by atoms with Gasteiger partial charge in [0, 0.05) is 12.1 Å². The lowest BCUT2D eigenvalue weighted by Gasteiger charge is -2.11. The molecule has 21 heavy (non-hydrogen) atoms. The van der Waals surface area contributed by atoms with Crippen molar-refractivity contribution in [1.29, 1.82) is 0 Å². The van der Waals surface area contributed by atoms with E-state index in [0.717, 1.165) is 23.3 Å². The van der Waals surface area contributed by atoms with E-state index in [1.807, 2.05) is 19.1 Å². The normalized spacial score (nSPS) is 11.1. The van der Waals surface area contributed by atoms with Gasteiger partial charge in [0.2, 0.25) is 0 Å². The van der Waals surface area contributed by atoms with Crippen molar-refractivity contribution in [3.05, 3.63) is 63.7 Å². The number of benzene rings is 2. The molecule has 110 valence electrons. The molecule has 2 aromatic carbocycles. The van der Waals surface area contributed by atoms with Crippen LogP contribution in [0.2, 0.25) is 0 Å². The molecule has 0 aliphatic carbocycles. The Labute approximate surface area is 122 Å². The Morgan fingerprint density at radius 2 is 1.67 bits per heavy atom. The lowest BCUT2D eigenvalue weighted by molar-refractivity contribution is -0.384. The minimum atomic E-state index is -3.77. The topological polar surface area (TPSA) is 89.3 Å². The molecule has 6 nitrogen and oxygen atoms in total. The number of non-ortho nitro benzene ring substituents is 1. The highest BCUT2D eigenvalue weighted by atomic mass is 32.2. The standard InChI is InChI=1S/C14H14N2O4S/c1-10-3-4-11(2)14(9-10)15-21(19,20)13-7-5-12(6-8-13)16(17)18/h3-9,15H,1-2H3. The summed E-state index contributed by atoms with van der Waals surface area (Å²) in [6, 6.07) is 10.2. The van der Waals surface area contributed by atoms with Crippen LogP contribution in [0.1, 0.15) is 11.1 Å². The van der Waals surface area contributed by atoms with E-state index >= 15 is 0 Å². The maximum absolute atomic E-state index is 12.3. The van der Waals surface area contributed by atoms with Gasteiger partial charge < -0.3 is 0 Å². The van der Waals surface area contributed by atoms with Crippen LogP contribution in [0.15, 0.2) is 47.4 Å². The van der Waals surface area contributed by atoms with E-state index in [1.165, 1.54) is 12.1 Å². The van der Waals surface area contributed by atoms with Gasteiger partial charge in [0.25, 0.3) is 15.7 Å². The number of aryl methyl sites for hydroxylation is 2. The average molecular weight is 306 g/mol. The number of hydrogen-bond donors (Lipinski definition) is 1. The molecule has 0 radical (unpaired) electrons. The molecule has 0 aromatic heterocycles. The fourth-order valence-corrected chi connectivity index (χ4v) is 2.92. The summed E-state index contributed by atoms with van der Waals surface area (Å²) in [6.45, 7) is 3.66. The fourth-order valence-electron chi connectivity index (χ4n) is 1.80. The Balaban J connectivity index is 2.34. The first-order chi connectivity index (χ1) is 9.79. The summed E-state index contributed by atoms with van der Waals surface area (Å²) < 4.78 is 27.0.